The summed E-state index contributed by atoms with van der Waals surface area (Å²) in [6.45, 7) is 3.29. The normalized spacial score (nSPS) is 13.3. The van der Waals surface area contributed by atoms with Crippen molar-refractivity contribution in [3.05, 3.63) is 70.4 Å². The van der Waals surface area contributed by atoms with Gasteiger partial charge in [0.25, 0.3) is 5.91 Å². The highest BCUT2D eigenvalue weighted by molar-refractivity contribution is 6.30. The summed E-state index contributed by atoms with van der Waals surface area (Å²) in [5.74, 6) is 0.758. The monoisotopic (exact) mass is 395 g/mol. The van der Waals surface area contributed by atoms with E-state index in [1.54, 1.807) is 0 Å². The lowest BCUT2D eigenvalue weighted by atomic mass is 10.0. The second-order valence-electron chi connectivity index (χ2n) is 6.85. The van der Waals surface area contributed by atoms with E-state index in [4.69, 9.17) is 16.3 Å². The number of rotatable bonds is 5. The molecule has 0 radical (unpaired) electrons. The molecular formula is C22H22ClN3O2. The van der Waals surface area contributed by atoms with Gasteiger partial charge in [-0.1, -0.05) is 48.9 Å². The number of carbonyl (C=O) groups excluding carboxylic acids is 1. The van der Waals surface area contributed by atoms with Crippen LogP contribution in [0.3, 0.4) is 0 Å². The van der Waals surface area contributed by atoms with Crippen molar-refractivity contribution in [3.63, 3.8) is 0 Å². The molecule has 0 unspecified atom stereocenters. The van der Waals surface area contributed by atoms with Gasteiger partial charge in [0.15, 0.2) is 6.61 Å². The van der Waals surface area contributed by atoms with Crippen molar-refractivity contribution in [2.75, 3.05) is 13.2 Å². The molecule has 1 aromatic heterocycles. The van der Waals surface area contributed by atoms with Gasteiger partial charge in [-0.2, -0.15) is 5.10 Å². The zero-order valence-corrected chi connectivity index (χ0v) is 16.5. The minimum atomic E-state index is -0.0187. The molecule has 1 N–H and O–H groups in total. The Morgan fingerprint density at radius 1 is 1.25 bits per heavy atom. The highest BCUT2D eigenvalue weighted by Crippen LogP contribution is 2.30. The molecule has 0 saturated heterocycles. The van der Waals surface area contributed by atoms with Crippen molar-refractivity contribution in [1.82, 2.24) is 15.1 Å². The SMILES string of the molecule is CCc1ccccc1OCC(=O)N1CCc2[nH]nc(-c3cccc(Cl)c3)c2C1. The lowest BCUT2D eigenvalue weighted by Crippen LogP contribution is -2.38. The van der Waals surface area contributed by atoms with Gasteiger partial charge in [0.1, 0.15) is 5.75 Å². The molecule has 5 nitrogen and oxygen atoms in total. The molecule has 0 atom stereocenters. The third-order valence-electron chi connectivity index (χ3n) is 5.09. The van der Waals surface area contributed by atoms with Crippen LogP contribution in [0.15, 0.2) is 48.5 Å². The maximum absolute atomic E-state index is 12.8. The maximum Gasteiger partial charge on any atom is 0.260 e. The summed E-state index contributed by atoms with van der Waals surface area (Å²) in [7, 11) is 0. The van der Waals surface area contributed by atoms with Crippen molar-refractivity contribution >= 4 is 17.5 Å². The van der Waals surface area contributed by atoms with Crippen molar-refractivity contribution in [3.8, 4) is 17.0 Å². The summed E-state index contributed by atoms with van der Waals surface area (Å²) >= 11 is 6.13. The van der Waals surface area contributed by atoms with E-state index < -0.39 is 0 Å². The summed E-state index contributed by atoms with van der Waals surface area (Å²) in [5.41, 5.74) is 5.04. The number of ether oxygens (including phenoxy) is 1. The Hall–Kier alpha value is -2.79. The van der Waals surface area contributed by atoms with Crippen LogP contribution in [0.5, 0.6) is 5.75 Å². The lowest BCUT2D eigenvalue weighted by molar-refractivity contribution is -0.134. The number of fused-ring (bicyclic) bond motifs is 1. The summed E-state index contributed by atoms with van der Waals surface area (Å²) in [6.07, 6.45) is 1.62. The molecule has 3 aromatic rings. The van der Waals surface area contributed by atoms with Gasteiger partial charge in [0, 0.05) is 41.4 Å². The predicted octanol–water partition coefficient (Wildman–Crippen LogP) is 4.26. The second-order valence-corrected chi connectivity index (χ2v) is 7.29. The van der Waals surface area contributed by atoms with Crippen LogP contribution >= 0.6 is 11.6 Å². The van der Waals surface area contributed by atoms with Crippen LogP contribution in [-0.2, 0) is 24.2 Å². The van der Waals surface area contributed by atoms with Gasteiger partial charge < -0.3 is 9.64 Å². The molecule has 144 valence electrons. The number of hydrogen-bond acceptors (Lipinski definition) is 3. The summed E-state index contributed by atoms with van der Waals surface area (Å²) in [6, 6.07) is 15.5. The number of nitrogens with one attached hydrogen (secondary N) is 1. The molecule has 0 bridgehead atoms. The Labute approximate surface area is 169 Å². The number of amides is 1. The fourth-order valence-electron chi connectivity index (χ4n) is 3.55. The first kappa shape index (κ1) is 18.6. The van der Waals surface area contributed by atoms with Gasteiger partial charge in [-0.15, -0.1) is 0 Å². The molecule has 28 heavy (non-hydrogen) atoms. The fourth-order valence-corrected chi connectivity index (χ4v) is 3.74. The highest BCUT2D eigenvalue weighted by Gasteiger charge is 2.26. The second kappa shape index (κ2) is 8.07. The molecule has 1 aliphatic heterocycles. The molecule has 1 amide bonds. The van der Waals surface area contributed by atoms with Crippen molar-refractivity contribution in [1.29, 1.82) is 0 Å². The zero-order valence-electron chi connectivity index (χ0n) is 15.7. The zero-order chi connectivity index (χ0) is 19.5. The maximum atomic E-state index is 12.8. The smallest absolute Gasteiger partial charge is 0.260 e. The Kier molecular flexibility index (Phi) is 5.35. The number of aromatic amines is 1. The average molecular weight is 396 g/mol. The number of H-pyrrole nitrogens is 1. The van der Waals surface area contributed by atoms with Crippen LogP contribution in [0.25, 0.3) is 11.3 Å². The van der Waals surface area contributed by atoms with E-state index in [0.717, 1.165) is 46.7 Å². The van der Waals surface area contributed by atoms with Crippen LogP contribution in [0, 0.1) is 0 Å². The Bertz CT molecular complexity index is 999. The molecular weight excluding hydrogens is 374 g/mol. The van der Waals surface area contributed by atoms with Crippen LogP contribution in [0.4, 0.5) is 0 Å². The summed E-state index contributed by atoms with van der Waals surface area (Å²) in [5, 5.41) is 8.25. The van der Waals surface area contributed by atoms with Gasteiger partial charge in [-0.3, -0.25) is 9.89 Å². The first-order chi connectivity index (χ1) is 13.7. The van der Waals surface area contributed by atoms with Gasteiger partial charge >= 0.3 is 0 Å². The first-order valence-corrected chi connectivity index (χ1v) is 9.84. The van der Waals surface area contributed by atoms with Crippen LogP contribution < -0.4 is 4.74 Å². The van der Waals surface area contributed by atoms with Crippen LogP contribution in [0.2, 0.25) is 5.02 Å². The lowest BCUT2D eigenvalue weighted by Gasteiger charge is -2.27. The number of aryl methyl sites for hydroxylation is 1. The largest absolute Gasteiger partial charge is 0.483 e. The van der Waals surface area contributed by atoms with Crippen LogP contribution in [0.1, 0.15) is 23.7 Å². The van der Waals surface area contributed by atoms with Gasteiger partial charge in [-0.25, -0.2) is 0 Å². The molecule has 0 aliphatic carbocycles. The van der Waals surface area contributed by atoms with Crippen molar-refractivity contribution in [2.45, 2.75) is 26.3 Å². The number of halogens is 1. The van der Waals surface area contributed by atoms with E-state index in [9.17, 15) is 4.79 Å². The van der Waals surface area contributed by atoms with E-state index >= 15 is 0 Å². The Morgan fingerprint density at radius 3 is 2.93 bits per heavy atom. The number of hydrogen-bond donors (Lipinski definition) is 1. The van der Waals surface area contributed by atoms with Crippen LogP contribution in [-0.4, -0.2) is 34.2 Å². The fraction of sp³-hybridized carbons (Fsp3) is 0.273. The minimum absolute atomic E-state index is 0.0187. The number of carbonyl (C=O) groups is 1. The summed E-state index contributed by atoms with van der Waals surface area (Å²) in [4.78, 5) is 14.6. The quantitative estimate of drug-likeness (QED) is 0.702. The molecule has 1 aliphatic rings. The van der Waals surface area contributed by atoms with E-state index in [1.165, 1.54) is 0 Å². The van der Waals surface area contributed by atoms with E-state index in [1.807, 2.05) is 53.4 Å². The molecule has 0 spiro atoms. The van der Waals surface area contributed by atoms with Gasteiger partial charge in [-0.05, 0) is 30.2 Å². The number of para-hydroxylation sites is 1. The van der Waals surface area contributed by atoms with Gasteiger partial charge in [0.05, 0.1) is 5.69 Å². The number of benzene rings is 2. The van der Waals surface area contributed by atoms with Crippen molar-refractivity contribution < 1.29 is 9.53 Å². The van der Waals surface area contributed by atoms with Crippen molar-refractivity contribution in [2.24, 2.45) is 0 Å². The number of aromatic nitrogens is 2. The predicted molar refractivity (Wildman–Crippen MR) is 109 cm³/mol. The molecule has 2 aromatic carbocycles. The Morgan fingerprint density at radius 2 is 2.11 bits per heavy atom. The third kappa shape index (κ3) is 3.76. The van der Waals surface area contributed by atoms with Gasteiger partial charge in [0.2, 0.25) is 0 Å². The molecule has 6 heteroatoms. The number of nitrogens with zero attached hydrogens (tertiary/aromatic N) is 2. The standard InChI is InChI=1S/C22H22ClN3O2/c1-2-15-6-3-4-9-20(15)28-14-21(27)26-11-10-19-18(13-26)22(25-24-19)16-7-5-8-17(23)12-16/h3-9,12H,2,10-11,13-14H2,1H3,(H,24,25). The average Bonchev–Trinajstić information content (AvgIpc) is 3.15. The van der Waals surface area contributed by atoms with E-state index in [2.05, 4.69) is 17.1 Å². The topological polar surface area (TPSA) is 58.2 Å². The first-order valence-electron chi connectivity index (χ1n) is 9.46. The molecule has 4 rings (SSSR count). The molecule has 2 heterocycles. The third-order valence-corrected chi connectivity index (χ3v) is 5.32. The summed E-state index contributed by atoms with van der Waals surface area (Å²) < 4.78 is 5.81. The minimum Gasteiger partial charge on any atom is -0.483 e. The molecule has 0 fully saturated rings. The van der Waals surface area contributed by atoms with E-state index in [-0.39, 0.29) is 12.5 Å². The van der Waals surface area contributed by atoms with E-state index in [0.29, 0.717) is 18.1 Å². The molecule has 0 saturated carbocycles. The Balaban J connectivity index is 1.48. The highest BCUT2D eigenvalue weighted by atomic mass is 35.5.